The molecule has 0 amide bonds. The summed E-state index contributed by atoms with van der Waals surface area (Å²) in [5.74, 6) is -0.0171. The third-order valence-corrected chi connectivity index (χ3v) is 3.74. The van der Waals surface area contributed by atoms with Crippen molar-refractivity contribution < 1.29 is 19.1 Å². The Morgan fingerprint density at radius 1 is 1.36 bits per heavy atom. The Hall–Kier alpha value is -2.56. The highest BCUT2D eigenvalue weighted by atomic mass is 16.5. The fraction of sp³-hybridized carbons (Fsp3) is 0.294. The van der Waals surface area contributed by atoms with E-state index in [0.29, 0.717) is 17.4 Å². The zero-order chi connectivity index (χ0) is 15.5. The van der Waals surface area contributed by atoms with E-state index in [1.54, 1.807) is 6.07 Å². The van der Waals surface area contributed by atoms with E-state index >= 15 is 0 Å². The normalized spacial score (nSPS) is 17.0. The van der Waals surface area contributed by atoms with Crippen LogP contribution in [0.5, 0.6) is 5.75 Å². The van der Waals surface area contributed by atoms with Gasteiger partial charge in [0.2, 0.25) is 0 Å². The maximum atomic E-state index is 11.8. The minimum absolute atomic E-state index is 0.0119. The van der Waals surface area contributed by atoms with Crippen LogP contribution >= 0.6 is 0 Å². The van der Waals surface area contributed by atoms with Crippen molar-refractivity contribution in [3.8, 4) is 5.75 Å². The maximum absolute atomic E-state index is 11.8. The van der Waals surface area contributed by atoms with Gasteiger partial charge >= 0.3 is 11.6 Å². The summed E-state index contributed by atoms with van der Waals surface area (Å²) in [6.07, 6.45) is 6.45. The van der Waals surface area contributed by atoms with Crippen molar-refractivity contribution in [2.24, 2.45) is 5.92 Å². The van der Waals surface area contributed by atoms with Crippen LogP contribution in [0.1, 0.15) is 24.8 Å². The molecule has 22 heavy (non-hydrogen) atoms. The molecule has 0 aliphatic heterocycles. The number of esters is 1. The molecule has 0 saturated carbocycles. The van der Waals surface area contributed by atoms with Gasteiger partial charge in [-0.05, 0) is 30.9 Å². The van der Waals surface area contributed by atoms with Gasteiger partial charge in [0.1, 0.15) is 17.9 Å². The predicted molar refractivity (Wildman–Crippen MR) is 80.4 cm³/mol. The van der Waals surface area contributed by atoms with Gasteiger partial charge in [0.15, 0.2) is 0 Å². The molecule has 0 saturated heterocycles. The van der Waals surface area contributed by atoms with E-state index in [1.165, 1.54) is 18.2 Å². The molecule has 0 fully saturated rings. The highest BCUT2D eigenvalue weighted by molar-refractivity contribution is 5.81. The summed E-state index contributed by atoms with van der Waals surface area (Å²) in [5.41, 5.74) is 0.307. The Bertz CT molecular complexity index is 787. The van der Waals surface area contributed by atoms with Crippen LogP contribution in [0, 0.1) is 5.92 Å². The molecule has 1 N–H and O–H groups in total. The number of carbonyl (C=O) groups excluding carboxylic acids is 1. The number of rotatable bonds is 4. The molecule has 0 bridgehead atoms. The lowest BCUT2D eigenvalue weighted by Crippen LogP contribution is -2.10. The Balaban J connectivity index is 1.74. The van der Waals surface area contributed by atoms with Gasteiger partial charge in [0.05, 0.1) is 6.42 Å². The van der Waals surface area contributed by atoms with E-state index in [9.17, 15) is 14.7 Å². The number of hydrogen-bond acceptors (Lipinski definition) is 5. The van der Waals surface area contributed by atoms with Gasteiger partial charge in [-0.15, -0.1) is 0 Å². The second kappa shape index (κ2) is 6.05. The lowest BCUT2D eigenvalue weighted by Gasteiger charge is -2.09. The maximum Gasteiger partial charge on any atom is 0.336 e. The standard InChI is InChI=1S/C17H16O5/c18-13-5-6-14-12(8-17(20)22-15(14)9-13)10-21-16(19)7-11-3-1-2-4-11/h1,3,5-6,8-9,11,18H,2,4,7,10H2/t11-/m0/s1. The molecule has 0 spiro atoms. The van der Waals surface area contributed by atoms with Crippen LogP contribution in [0.15, 0.2) is 45.6 Å². The third-order valence-electron chi connectivity index (χ3n) is 3.74. The van der Waals surface area contributed by atoms with Crippen molar-refractivity contribution in [3.63, 3.8) is 0 Å². The molecular weight excluding hydrogens is 284 g/mol. The van der Waals surface area contributed by atoms with Crippen molar-refractivity contribution >= 4 is 16.9 Å². The second-order valence-corrected chi connectivity index (χ2v) is 5.40. The van der Waals surface area contributed by atoms with Crippen LogP contribution in [0.25, 0.3) is 11.0 Å². The van der Waals surface area contributed by atoms with E-state index in [1.807, 2.05) is 6.08 Å². The summed E-state index contributed by atoms with van der Waals surface area (Å²) >= 11 is 0. The van der Waals surface area contributed by atoms with E-state index in [0.717, 1.165) is 12.8 Å². The van der Waals surface area contributed by atoms with Gasteiger partial charge in [0.25, 0.3) is 0 Å². The number of fused-ring (bicyclic) bond motifs is 1. The van der Waals surface area contributed by atoms with Crippen LogP contribution in [-0.4, -0.2) is 11.1 Å². The molecule has 1 aliphatic carbocycles. The van der Waals surface area contributed by atoms with Crippen LogP contribution in [-0.2, 0) is 16.1 Å². The van der Waals surface area contributed by atoms with Crippen molar-refractivity contribution in [1.29, 1.82) is 0 Å². The molecule has 3 rings (SSSR count). The minimum Gasteiger partial charge on any atom is -0.508 e. The van der Waals surface area contributed by atoms with Gasteiger partial charge in [-0.3, -0.25) is 4.79 Å². The molecule has 5 heteroatoms. The number of allylic oxidation sites excluding steroid dienone is 2. The number of phenols is 1. The minimum atomic E-state index is -0.539. The molecule has 1 heterocycles. The van der Waals surface area contributed by atoms with Gasteiger partial charge in [-0.1, -0.05) is 12.2 Å². The molecule has 2 aromatic rings. The second-order valence-electron chi connectivity index (χ2n) is 5.40. The molecule has 5 nitrogen and oxygen atoms in total. The van der Waals surface area contributed by atoms with Crippen molar-refractivity contribution in [2.45, 2.75) is 25.9 Å². The number of aromatic hydroxyl groups is 1. The summed E-state index contributed by atoms with van der Waals surface area (Å²) in [6.45, 7) is 0.0160. The molecule has 1 aromatic carbocycles. The van der Waals surface area contributed by atoms with Crippen LogP contribution in [0.4, 0.5) is 0 Å². The average Bonchev–Trinajstić information content (AvgIpc) is 2.97. The molecular formula is C17H16O5. The highest BCUT2D eigenvalue weighted by Crippen LogP contribution is 2.23. The number of hydrogen-bond donors (Lipinski definition) is 1. The summed E-state index contributed by atoms with van der Waals surface area (Å²) in [4.78, 5) is 23.4. The summed E-state index contributed by atoms with van der Waals surface area (Å²) < 4.78 is 10.3. The topological polar surface area (TPSA) is 76.7 Å². The van der Waals surface area contributed by atoms with Crippen molar-refractivity contribution in [3.05, 3.63) is 52.4 Å². The van der Waals surface area contributed by atoms with Crippen LogP contribution in [0.2, 0.25) is 0 Å². The lowest BCUT2D eigenvalue weighted by molar-refractivity contribution is -0.145. The van der Waals surface area contributed by atoms with Crippen LogP contribution < -0.4 is 5.63 Å². The first-order valence-corrected chi connectivity index (χ1v) is 7.20. The van der Waals surface area contributed by atoms with E-state index in [4.69, 9.17) is 9.15 Å². The number of ether oxygens (including phenoxy) is 1. The molecule has 1 aromatic heterocycles. The first-order chi connectivity index (χ1) is 10.6. The number of carbonyl (C=O) groups is 1. The SMILES string of the molecule is O=C(C[C@H]1C=CCC1)OCc1cc(=O)oc2cc(O)ccc12. The fourth-order valence-corrected chi connectivity index (χ4v) is 2.63. The quantitative estimate of drug-likeness (QED) is 0.534. The van der Waals surface area contributed by atoms with Crippen molar-refractivity contribution in [1.82, 2.24) is 0 Å². The lowest BCUT2D eigenvalue weighted by atomic mass is 10.1. The average molecular weight is 300 g/mol. The largest absolute Gasteiger partial charge is 0.508 e. The molecule has 1 aliphatic rings. The Morgan fingerprint density at radius 2 is 2.23 bits per heavy atom. The van der Waals surface area contributed by atoms with Crippen LogP contribution in [0.3, 0.4) is 0 Å². The first-order valence-electron chi connectivity index (χ1n) is 7.20. The van der Waals surface area contributed by atoms with E-state index in [-0.39, 0.29) is 29.8 Å². The third kappa shape index (κ3) is 3.19. The molecule has 0 radical (unpaired) electrons. The predicted octanol–water partition coefficient (Wildman–Crippen LogP) is 2.90. The summed E-state index contributed by atoms with van der Waals surface area (Å²) in [7, 11) is 0. The van der Waals surface area contributed by atoms with Gasteiger partial charge in [-0.2, -0.15) is 0 Å². The first kappa shape index (κ1) is 14.4. The Kier molecular flexibility index (Phi) is 3.96. The summed E-state index contributed by atoms with van der Waals surface area (Å²) in [6, 6.07) is 5.81. The van der Waals surface area contributed by atoms with Gasteiger partial charge < -0.3 is 14.3 Å². The highest BCUT2D eigenvalue weighted by Gasteiger charge is 2.16. The van der Waals surface area contributed by atoms with Crippen molar-refractivity contribution in [2.75, 3.05) is 0 Å². The summed E-state index contributed by atoms with van der Waals surface area (Å²) in [5, 5.41) is 10.1. The van der Waals surface area contributed by atoms with E-state index < -0.39 is 5.63 Å². The number of phenolic OH excluding ortho intramolecular Hbond substituents is 1. The smallest absolute Gasteiger partial charge is 0.336 e. The fourth-order valence-electron chi connectivity index (χ4n) is 2.63. The zero-order valence-electron chi connectivity index (χ0n) is 12.0. The molecule has 1 atom stereocenters. The van der Waals surface area contributed by atoms with E-state index in [2.05, 4.69) is 6.08 Å². The Labute approximate surface area is 126 Å². The zero-order valence-corrected chi connectivity index (χ0v) is 12.0. The Morgan fingerprint density at radius 3 is 3.00 bits per heavy atom. The number of benzene rings is 1. The van der Waals surface area contributed by atoms with Gasteiger partial charge in [-0.25, -0.2) is 4.79 Å². The molecule has 0 unspecified atom stereocenters. The monoisotopic (exact) mass is 300 g/mol. The molecule has 114 valence electrons. The van der Waals surface area contributed by atoms with Gasteiger partial charge in [0, 0.05) is 23.1 Å².